The van der Waals surface area contributed by atoms with E-state index in [0.29, 0.717) is 16.9 Å². The fourth-order valence-corrected chi connectivity index (χ4v) is 2.96. The maximum atomic E-state index is 11.6. The average molecular weight is 329 g/mol. The molecule has 1 unspecified atom stereocenters. The Morgan fingerprint density at radius 3 is 2.64 bits per heavy atom. The first-order valence-corrected chi connectivity index (χ1v) is 7.87. The van der Waals surface area contributed by atoms with Crippen LogP contribution in [0.3, 0.4) is 0 Å². The molecular weight excluding hydrogens is 314 g/mol. The summed E-state index contributed by atoms with van der Waals surface area (Å²) in [5.41, 5.74) is 0.529. The first-order chi connectivity index (χ1) is 12.2. The lowest BCUT2D eigenvalue weighted by Gasteiger charge is -2.27. The molecule has 25 heavy (non-hydrogen) atoms. The van der Waals surface area contributed by atoms with Crippen molar-refractivity contribution >= 4 is 11.0 Å². The third-order valence-electron chi connectivity index (χ3n) is 4.30. The molecule has 0 saturated heterocycles. The zero-order chi connectivity index (χ0) is 17.3. The molecule has 4 rings (SSSR count). The Balaban J connectivity index is 1.86. The predicted octanol–water partition coefficient (Wildman–Crippen LogP) is 3.44. The van der Waals surface area contributed by atoms with E-state index in [1.807, 2.05) is 30.3 Å². The molecule has 5 heteroatoms. The molecule has 2 aromatic carbocycles. The van der Waals surface area contributed by atoms with Crippen molar-refractivity contribution in [1.29, 1.82) is 5.26 Å². The Kier molecular flexibility index (Phi) is 3.60. The number of nitrogens with zero attached hydrogens (tertiary/aromatic N) is 3. The van der Waals surface area contributed by atoms with Crippen LogP contribution in [-0.4, -0.2) is 14.7 Å². The third-order valence-corrected chi connectivity index (χ3v) is 4.30. The predicted molar refractivity (Wildman–Crippen MR) is 92.6 cm³/mol. The minimum atomic E-state index is -1.38. The molecule has 0 aliphatic carbocycles. The zero-order valence-electron chi connectivity index (χ0n) is 13.3. The van der Waals surface area contributed by atoms with E-state index in [4.69, 9.17) is 9.68 Å². The number of furan rings is 1. The number of aromatic nitrogens is 2. The van der Waals surface area contributed by atoms with Gasteiger partial charge >= 0.3 is 0 Å². The van der Waals surface area contributed by atoms with Crippen molar-refractivity contribution in [2.24, 2.45) is 0 Å². The Bertz CT molecular complexity index is 1010. The van der Waals surface area contributed by atoms with Crippen LogP contribution >= 0.6 is 0 Å². The topological polar surface area (TPSA) is 75.0 Å². The lowest BCUT2D eigenvalue weighted by molar-refractivity contribution is 0.0402. The second kappa shape index (κ2) is 5.93. The second-order valence-electron chi connectivity index (χ2n) is 5.93. The van der Waals surface area contributed by atoms with Crippen LogP contribution in [0.25, 0.3) is 11.0 Å². The average Bonchev–Trinajstić information content (AvgIpc) is 3.31. The fraction of sp³-hybridized carbons (Fsp3) is 0.100. The van der Waals surface area contributed by atoms with E-state index in [9.17, 15) is 5.11 Å². The summed E-state index contributed by atoms with van der Waals surface area (Å²) in [5.74, 6) is 0.451. The van der Waals surface area contributed by atoms with Crippen LogP contribution in [0.15, 0.2) is 77.7 Å². The zero-order valence-corrected chi connectivity index (χ0v) is 13.3. The molecule has 0 fully saturated rings. The van der Waals surface area contributed by atoms with Gasteiger partial charge in [0, 0.05) is 17.8 Å². The standard InChI is InChI=1S/C20H15N3O2/c21-12-15-5-7-17(8-6-15)20(24,13-23-10-9-22-14-23)19-11-16-3-1-2-4-18(16)25-19/h1-11,14,24H,13H2. The van der Waals surface area contributed by atoms with Gasteiger partial charge in [-0.3, -0.25) is 0 Å². The van der Waals surface area contributed by atoms with Crippen molar-refractivity contribution in [3.8, 4) is 6.07 Å². The van der Waals surface area contributed by atoms with Gasteiger partial charge in [0.2, 0.25) is 0 Å². The molecule has 0 bridgehead atoms. The number of hydrogen-bond acceptors (Lipinski definition) is 4. The molecule has 0 amide bonds. The summed E-state index contributed by atoms with van der Waals surface area (Å²) in [4.78, 5) is 4.04. The van der Waals surface area contributed by atoms with Gasteiger partial charge in [-0.1, -0.05) is 30.3 Å². The number of para-hydroxylation sites is 1. The van der Waals surface area contributed by atoms with Crippen LogP contribution in [0.5, 0.6) is 0 Å². The number of hydrogen-bond donors (Lipinski definition) is 1. The SMILES string of the molecule is N#Cc1ccc(C(O)(Cn2ccnc2)c2cc3ccccc3o2)cc1. The van der Waals surface area contributed by atoms with E-state index in [-0.39, 0.29) is 6.54 Å². The Morgan fingerprint density at radius 2 is 1.96 bits per heavy atom. The lowest BCUT2D eigenvalue weighted by atomic mass is 9.90. The first-order valence-electron chi connectivity index (χ1n) is 7.87. The highest BCUT2D eigenvalue weighted by atomic mass is 16.4. The molecule has 5 nitrogen and oxygen atoms in total. The Labute approximate surface area is 144 Å². The van der Waals surface area contributed by atoms with Gasteiger partial charge < -0.3 is 14.1 Å². The van der Waals surface area contributed by atoms with Gasteiger partial charge in [-0.05, 0) is 29.8 Å². The van der Waals surface area contributed by atoms with Crippen LogP contribution in [0.1, 0.15) is 16.9 Å². The van der Waals surface area contributed by atoms with Crippen LogP contribution in [0.2, 0.25) is 0 Å². The number of imidazole rings is 1. The first kappa shape index (κ1) is 15.2. The highest BCUT2D eigenvalue weighted by Gasteiger charge is 2.36. The highest BCUT2D eigenvalue weighted by Crippen LogP contribution is 2.35. The molecule has 0 aliphatic heterocycles. The van der Waals surface area contributed by atoms with E-state index < -0.39 is 5.60 Å². The van der Waals surface area contributed by atoms with E-state index in [0.717, 1.165) is 11.0 Å². The van der Waals surface area contributed by atoms with Gasteiger partial charge in [-0.25, -0.2) is 4.98 Å². The second-order valence-corrected chi connectivity index (χ2v) is 5.93. The normalized spacial score (nSPS) is 13.4. The number of rotatable bonds is 4. The van der Waals surface area contributed by atoms with Crippen molar-refractivity contribution in [1.82, 2.24) is 9.55 Å². The molecular formula is C20H15N3O2. The third kappa shape index (κ3) is 2.69. The van der Waals surface area contributed by atoms with E-state index in [1.54, 1.807) is 47.6 Å². The molecule has 1 N–H and O–H groups in total. The summed E-state index contributed by atoms with van der Waals surface area (Å²) in [6, 6.07) is 18.5. The largest absolute Gasteiger partial charge is 0.458 e. The molecule has 4 aromatic rings. The van der Waals surface area contributed by atoms with Crippen molar-refractivity contribution in [3.05, 3.63) is 90.2 Å². The smallest absolute Gasteiger partial charge is 0.165 e. The van der Waals surface area contributed by atoms with Crippen molar-refractivity contribution in [2.45, 2.75) is 12.1 Å². The summed E-state index contributed by atoms with van der Waals surface area (Å²) in [5, 5.41) is 21.5. The summed E-state index contributed by atoms with van der Waals surface area (Å²) in [6.07, 6.45) is 5.10. The molecule has 1 atom stereocenters. The molecule has 2 aromatic heterocycles. The Morgan fingerprint density at radius 1 is 1.16 bits per heavy atom. The molecule has 0 radical (unpaired) electrons. The number of aliphatic hydroxyl groups is 1. The van der Waals surface area contributed by atoms with Gasteiger partial charge in [0.1, 0.15) is 11.3 Å². The number of fused-ring (bicyclic) bond motifs is 1. The van der Waals surface area contributed by atoms with Gasteiger partial charge in [0.25, 0.3) is 0 Å². The minimum Gasteiger partial charge on any atom is -0.458 e. The van der Waals surface area contributed by atoms with Gasteiger partial charge in [0.05, 0.1) is 24.5 Å². The summed E-state index contributed by atoms with van der Waals surface area (Å²) >= 11 is 0. The van der Waals surface area contributed by atoms with Crippen LogP contribution in [-0.2, 0) is 12.1 Å². The van der Waals surface area contributed by atoms with Crippen molar-refractivity contribution < 1.29 is 9.52 Å². The minimum absolute atomic E-state index is 0.249. The number of nitriles is 1. The van der Waals surface area contributed by atoms with E-state index in [1.165, 1.54) is 0 Å². The molecule has 2 heterocycles. The van der Waals surface area contributed by atoms with Crippen LogP contribution < -0.4 is 0 Å². The highest BCUT2D eigenvalue weighted by molar-refractivity contribution is 5.78. The van der Waals surface area contributed by atoms with Gasteiger partial charge in [-0.15, -0.1) is 0 Å². The fourth-order valence-electron chi connectivity index (χ4n) is 2.96. The maximum absolute atomic E-state index is 11.6. The van der Waals surface area contributed by atoms with Gasteiger partial charge in [0.15, 0.2) is 5.60 Å². The van der Waals surface area contributed by atoms with Crippen molar-refractivity contribution in [2.75, 3.05) is 0 Å². The molecule has 0 saturated carbocycles. The molecule has 0 spiro atoms. The summed E-state index contributed by atoms with van der Waals surface area (Å²) in [7, 11) is 0. The van der Waals surface area contributed by atoms with E-state index in [2.05, 4.69) is 11.1 Å². The monoisotopic (exact) mass is 329 g/mol. The van der Waals surface area contributed by atoms with Crippen LogP contribution in [0, 0.1) is 11.3 Å². The quantitative estimate of drug-likeness (QED) is 0.622. The summed E-state index contributed by atoms with van der Waals surface area (Å²) in [6.45, 7) is 0.249. The van der Waals surface area contributed by atoms with Crippen molar-refractivity contribution in [3.63, 3.8) is 0 Å². The molecule has 0 aliphatic rings. The van der Waals surface area contributed by atoms with Gasteiger partial charge in [-0.2, -0.15) is 5.26 Å². The summed E-state index contributed by atoms with van der Waals surface area (Å²) < 4.78 is 7.74. The molecule has 122 valence electrons. The lowest BCUT2D eigenvalue weighted by Crippen LogP contribution is -2.32. The number of benzene rings is 2. The van der Waals surface area contributed by atoms with E-state index >= 15 is 0 Å². The van der Waals surface area contributed by atoms with Crippen LogP contribution in [0.4, 0.5) is 0 Å². The Hall–Kier alpha value is -3.36. The maximum Gasteiger partial charge on any atom is 0.165 e.